The lowest BCUT2D eigenvalue weighted by Crippen LogP contribution is -2.20. The number of carbonyl (C=O) groups is 2. The molecule has 0 aliphatic rings. The van der Waals surface area contributed by atoms with E-state index in [1.54, 1.807) is 42.5 Å². The molecule has 0 aliphatic heterocycles. The minimum Gasteiger partial charge on any atom is -0.326 e. The molecule has 2 aromatic carbocycles. The number of nitrogens with zero attached hydrogens (tertiary/aromatic N) is 1. The number of rotatable bonds is 6. The van der Waals surface area contributed by atoms with Crippen LogP contribution < -0.4 is 10.7 Å². The maximum atomic E-state index is 11.8. The van der Waals surface area contributed by atoms with Gasteiger partial charge in [0.25, 0.3) is 0 Å². The van der Waals surface area contributed by atoms with Crippen LogP contribution in [0, 0.1) is 0 Å². The molecule has 0 aromatic heterocycles. The molecule has 0 saturated heterocycles. The number of amides is 2. The summed E-state index contributed by atoms with van der Waals surface area (Å²) in [5, 5.41) is 7.55. The van der Waals surface area contributed by atoms with Gasteiger partial charge in [-0.25, -0.2) is 5.43 Å². The number of halogens is 2. The lowest BCUT2D eigenvalue weighted by Gasteiger charge is -2.05. The Morgan fingerprint density at radius 2 is 1.75 bits per heavy atom. The Hall–Kier alpha value is -2.37. The Morgan fingerprint density at radius 1 is 1.00 bits per heavy atom. The number of anilines is 1. The van der Waals surface area contributed by atoms with Crippen molar-refractivity contribution in [1.82, 2.24) is 5.43 Å². The molecule has 2 rings (SSSR count). The number of benzene rings is 2. The summed E-state index contributed by atoms with van der Waals surface area (Å²) in [5.74, 6) is -0.637. The SMILES string of the molecule is O=C(CCC(=O)Nc1cccc(Cl)c1)N/N=C\c1ccccc1Cl. The molecule has 0 saturated carbocycles. The van der Waals surface area contributed by atoms with Crippen molar-refractivity contribution in [2.75, 3.05) is 5.32 Å². The van der Waals surface area contributed by atoms with Gasteiger partial charge in [0.2, 0.25) is 11.8 Å². The highest BCUT2D eigenvalue weighted by atomic mass is 35.5. The second kappa shape index (κ2) is 9.05. The zero-order valence-electron chi connectivity index (χ0n) is 12.6. The zero-order valence-corrected chi connectivity index (χ0v) is 14.1. The van der Waals surface area contributed by atoms with Crippen molar-refractivity contribution in [3.8, 4) is 0 Å². The van der Waals surface area contributed by atoms with E-state index < -0.39 is 0 Å². The first kappa shape index (κ1) is 18.0. The van der Waals surface area contributed by atoms with Crippen LogP contribution >= 0.6 is 23.2 Å². The number of carbonyl (C=O) groups excluding carboxylic acids is 2. The molecule has 0 atom stereocenters. The smallest absolute Gasteiger partial charge is 0.240 e. The summed E-state index contributed by atoms with van der Waals surface area (Å²) < 4.78 is 0. The van der Waals surface area contributed by atoms with Gasteiger partial charge in [-0.05, 0) is 24.3 Å². The average molecular weight is 364 g/mol. The van der Waals surface area contributed by atoms with Crippen LogP contribution in [0.2, 0.25) is 10.0 Å². The normalized spacial score (nSPS) is 10.6. The third-order valence-electron chi connectivity index (χ3n) is 2.99. The first-order valence-electron chi connectivity index (χ1n) is 7.16. The highest BCUT2D eigenvalue weighted by Crippen LogP contribution is 2.15. The molecule has 2 aromatic rings. The molecule has 2 N–H and O–H groups in total. The largest absolute Gasteiger partial charge is 0.326 e. The fraction of sp³-hybridized carbons (Fsp3) is 0.118. The summed E-state index contributed by atoms with van der Waals surface area (Å²) >= 11 is 11.8. The van der Waals surface area contributed by atoms with Gasteiger partial charge in [0.1, 0.15) is 0 Å². The number of hydrogen-bond donors (Lipinski definition) is 2. The van der Waals surface area contributed by atoms with Crippen LogP contribution in [-0.2, 0) is 9.59 Å². The minimum atomic E-state index is -0.362. The highest BCUT2D eigenvalue weighted by Gasteiger charge is 2.07. The first-order chi connectivity index (χ1) is 11.5. The van der Waals surface area contributed by atoms with E-state index in [9.17, 15) is 9.59 Å². The molecule has 5 nitrogen and oxygen atoms in total. The average Bonchev–Trinajstić information content (AvgIpc) is 2.55. The van der Waals surface area contributed by atoms with Crippen molar-refractivity contribution < 1.29 is 9.59 Å². The summed E-state index contributed by atoms with van der Waals surface area (Å²) in [7, 11) is 0. The maximum absolute atomic E-state index is 11.8. The molecule has 124 valence electrons. The fourth-order valence-corrected chi connectivity index (χ4v) is 2.20. The topological polar surface area (TPSA) is 70.6 Å². The van der Waals surface area contributed by atoms with Crippen molar-refractivity contribution in [2.45, 2.75) is 12.8 Å². The van der Waals surface area contributed by atoms with Crippen LogP contribution in [0.5, 0.6) is 0 Å². The van der Waals surface area contributed by atoms with E-state index in [1.807, 2.05) is 6.07 Å². The van der Waals surface area contributed by atoms with Crippen molar-refractivity contribution >= 4 is 46.9 Å². The van der Waals surface area contributed by atoms with E-state index in [1.165, 1.54) is 6.21 Å². The second-order valence-corrected chi connectivity index (χ2v) is 5.72. The molecule has 7 heteroatoms. The predicted octanol–water partition coefficient (Wildman–Crippen LogP) is 3.86. The van der Waals surface area contributed by atoms with Gasteiger partial charge in [-0.15, -0.1) is 0 Å². The van der Waals surface area contributed by atoms with E-state index in [2.05, 4.69) is 15.8 Å². The molecular weight excluding hydrogens is 349 g/mol. The van der Waals surface area contributed by atoms with E-state index in [-0.39, 0.29) is 24.7 Å². The van der Waals surface area contributed by atoms with Crippen molar-refractivity contribution in [2.24, 2.45) is 5.10 Å². The molecule has 0 spiro atoms. The fourth-order valence-electron chi connectivity index (χ4n) is 1.83. The van der Waals surface area contributed by atoms with Gasteiger partial charge in [-0.2, -0.15) is 5.10 Å². The molecule has 0 unspecified atom stereocenters. The quantitative estimate of drug-likeness (QED) is 0.604. The molecule has 0 fully saturated rings. The summed E-state index contributed by atoms with van der Waals surface area (Å²) in [6, 6.07) is 13.9. The molecule has 0 heterocycles. The third kappa shape index (κ3) is 6.02. The summed E-state index contributed by atoms with van der Waals surface area (Å²) in [6.07, 6.45) is 1.51. The molecular formula is C17H15Cl2N3O2. The van der Waals surface area contributed by atoms with Crippen molar-refractivity contribution in [3.05, 3.63) is 64.1 Å². The Balaban J connectivity index is 1.75. The van der Waals surface area contributed by atoms with Crippen molar-refractivity contribution in [3.63, 3.8) is 0 Å². The zero-order chi connectivity index (χ0) is 17.4. The lowest BCUT2D eigenvalue weighted by atomic mass is 10.2. The number of hydrogen-bond acceptors (Lipinski definition) is 3. The van der Waals surface area contributed by atoms with Gasteiger partial charge in [0.05, 0.1) is 6.21 Å². The highest BCUT2D eigenvalue weighted by molar-refractivity contribution is 6.33. The van der Waals surface area contributed by atoms with Crippen LogP contribution in [0.4, 0.5) is 5.69 Å². The van der Waals surface area contributed by atoms with E-state index in [4.69, 9.17) is 23.2 Å². The van der Waals surface area contributed by atoms with Crippen molar-refractivity contribution in [1.29, 1.82) is 0 Å². The first-order valence-corrected chi connectivity index (χ1v) is 7.92. The van der Waals surface area contributed by atoms with Gasteiger partial charge < -0.3 is 5.32 Å². The summed E-state index contributed by atoms with van der Waals surface area (Å²) in [5.41, 5.74) is 3.64. The standard InChI is InChI=1S/C17H15Cl2N3O2/c18-13-5-3-6-14(10-13)21-16(23)8-9-17(24)22-20-11-12-4-1-2-7-15(12)19/h1-7,10-11H,8-9H2,(H,21,23)(H,22,24)/b20-11-. The van der Waals surface area contributed by atoms with Gasteiger partial charge >= 0.3 is 0 Å². The van der Waals surface area contributed by atoms with Gasteiger partial charge in [-0.1, -0.05) is 47.5 Å². The van der Waals surface area contributed by atoms with Crippen LogP contribution in [0.1, 0.15) is 18.4 Å². The Kier molecular flexibility index (Phi) is 6.78. The number of hydrazone groups is 1. The van der Waals surface area contributed by atoms with E-state index >= 15 is 0 Å². The molecule has 0 radical (unpaired) electrons. The van der Waals surface area contributed by atoms with E-state index in [0.29, 0.717) is 21.3 Å². The molecule has 24 heavy (non-hydrogen) atoms. The lowest BCUT2D eigenvalue weighted by molar-refractivity contribution is -0.124. The molecule has 0 bridgehead atoms. The maximum Gasteiger partial charge on any atom is 0.240 e. The number of nitrogens with one attached hydrogen (secondary N) is 2. The Morgan fingerprint density at radius 3 is 2.50 bits per heavy atom. The second-order valence-electron chi connectivity index (χ2n) is 4.87. The van der Waals surface area contributed by atoms with Gasteiger partial charge in [0, 0.05) is 34.1 Å². The monoisotopic (exact) mass is 363 g/mol. The van der Waals surface area contributed by atoms with E-state index in [0.717, 1.165) is 0 Å². The molecule has 0 aliphatic carbocycles. The van der Waals surface area contributed by atoms with Gasteiger partial charge in [-0.3, -0.25) is 9.59 Å². The van der Waals surface area contributed by atoms with Gasteiger partial charge in [0.15, 0.2) is 0 Å². The van der Waals surface area contributed by atoms with Crippen LogP contribution in [0.15, 0.2) is 53.6 Å². The minimum absolute atomic E-state index is 0.0201. The summed E-state index contributed by atoms with van der Waals surface area (Å²) in [6.45, 7) is 0. The Labute approximate surface area is 149 Å². The Bertz CT molecular complexity index is 763. The molecule has 2 amide bonds. The predicted molar refractivity (Wildman–Crippen MR) is 96.5 cm³/mol. The van der Waals surface area contributed by atoms with Crippen LogP contribution in [0.3, 0.4) is 0 Å². The van der Waals surface area contributed by atoms with Crippen LogP contribution in [-0.4, -0.2) is 18.0 Å². The third-order valence-corrected chi connectivity index (χ3v) is 3.56. The summed E-state index contributed by atoms with van der Waals surface area (Å²) in [4.78, 5) is 23.4. The van der Waals surface area contributed by atoms with Crippen LogP contribution in [0.25, 0.3) is 0 Å².